The molecular formula is C15H13N3O2. The Kier molecular flexibility index (Phi) is 2.92. The summed E-state index contributed by atoms with van der Waals surface area (Å²) in [5, 5.41) is 9.15. The van der Waals surface area contributed by atoms with Crippen LogP contribution in [0.2, 0.25) is 0 Å². The fourth-order valence-electron chi connectivity index (χ4n) is 2.45. The number of nitrogens with two attached hydrogens (primary N) is 1. The van der Waals surface area contributed by atoms with Crippen LogP contribution in [0.15, 0.2) is 29.1 Å². The van der Waals surface area contributed by atoms with Crippen molar-refractivity contribution in [3.63, 3.8) is 0 Å². The third-order valence-electron chi connectivity index (χ3n) is 3.39. The van der Waals surface area contributed by atoms with Gasteiger partial charge in [-0.25, -0.2) is 0 Å². The Hall–Kier alpha value is -2.74. The van der Waals surface area contributed by atoms with E-state index in [-0.39, 0.29) is 11.4 Å². The number of hydrogen-bond donors (Lipinski definition) is 2. The number of aryl methyl sites for hydroxylation is 1. The van der Waals surface area contributed by atoms with E-state index in [0.29, 0.717) is 5.56 Å². The molecule has 0 saturated heterocycles. The quantitative estimate of drug-likeness (QED) is 0.824. The first-order chi connectivity index (χ1) is 9.69. The third kappa shape index (κ3) is 2.01. The van der Waals surface area contributed by atoms with Gasteiger partial charge in [-0.2, -0.15) is 5.26 Å². The van der Waals surface area contributed by atoms with Crippen molar-refractivity contribution in [2.45, 2.75) is 12.8 Å². The van der Waals surface area contributed by atoms with Gasteiger partial charge >= 0.3 is 0 Å². The Morgan fingerprint density at radius 3 is 3.00 bits per heavy atom. The second-order valence-corrected chi connectivity index (χ2v) is 4.73. The van der Waals surface area contributed by atoms with E-state index in [1.807, 2.05) is 24.3 Å². The number of fused-ring (bicyclic) bond motifs is 1. The molecular weight excluding hydrogens is 254 g/mol. The summed E-state index contributed by atoms with van der Waals surface area (Å²) in [4.78, 5) is 14.2. The van der Waals surface area contributed by atoms with Crippen molar-refractivity contribution >= 4 is 5.82 Å². The molecule has 20 heavy (non-hydrogen) atoms. The highest BCUT2D eigenvalue weighted by molar-refractivity contribution is 5.73. The molecule has 0 saturated carbocycles. The zero-order valence-corrected chi connectivity index (χ0v) is 10.8. The molecule has 0 amide bonds. The van der Waals surface area contributed by atoms with Crippen LogP contribution >= 0.6 is 0 Å². The molecule has 100 valence electrons. The van der Waals surface area contributed by atoms with Crippen molar-refractivity contribution in [3.8, 4) is 22.9 Å². The summed E-state index contributed by atoms with van der Waals surface area (Å²) >= 11 is 0. The van der Waals surface area contributed by atoms with E-state index in [2.05, 4.69) is 4.98 Å². The molecule has 1 aromatic carbocycles. The maximum atomic E-state index is 11.8. The number of ether oxygens (including phenoxy) is 1. The Morgan fingerprint density at radius 1 is 1.35 bits per heavy atom. The molecule has 0 bridgehead atoms. The van der Waals surface area contributed by atoms with Crippen LogP contribution in [0.5, 0.6) is 5.75 Å². The van der Waals surface area contributed by atoms with Gasteiger partial charge in [0.05, 0.1) is 6.61 Å². The van der Waals surface area contributed by atoms with Crippen LogP contribution in [0.4, 0.5) is 5.82 Å². The van der Waals surface area contributed by atoms with E-state index < -0.39 is 5.56 Å². The van der Waals surface area contributed by atoms with E-state index in [9.17, 15) is 4.79 Å². The first-order valence-corrected chi connectivity index (χ1v) is 6.38. The summed E-state index contributed by atoms with van der Waals surface area (Å²) in [5.74, 6) is 1.12. The van der Waals surface area contributed by atoms with Gasteiger partial charge in [0.15, 0.2) is 0 Å². The number of nitrogens with zero attached hydrogens (tertiary/aromatic N) is 1. The number of nitrogen functional groups attached to an aromatic ring is 1. The number of hydrogen-bond acceptors (Lipinski definition) is 4. The number of rotatable bonds is 1. The van der Waals surface area contributed by atoms with Crippen molar-refractivity contribution in [2.24, 2.45) is 0 Å². The number of pyridine rings is 1. The molecule has 0 radical (unpaired) electrons. The maximum Gasteiger partial charge on any atom is 0.268 e. The Balaban J connectivity index is 2.19. The van der Waals surface area contributed by atoms with Crippen LogP contribution in [0.3, 0.4) is 0 Å². The van der Waals surface area contributed by atoms with E-state index in [0.717, 1.165) is 36.3 Å². The second-order valence-electron chi connectivity index (χ2n) is 4.73. The fourth-order valence-corrected chi connectivity index (χ4v) is 2.45. The third-order valence-corrected chi connectivity index (χ3v) is 3.39. The van der Waals surface area contributed by atoms with Gasteiger partial charge in [-0.1, -0.05) is 6.07 Å². The van der Waals surface area contributed by atoms with Gasteiger partial charge in [0.2, 0.25) is 0 Å². The average Bonchev–Trinajstić information content (AvgIpc) is 2.46. The highest BCUT2D eigenvalue weighted by Gasteiger charge is 2.15. The van der Waals surface area contributed by atoms with Crippen molar-refractivity contribution in [2.75, 3.05) is 12.3 Å². The first-order valence-electron chi connectivity index (χ1n) is 6.38. The SMILES string of the molecule is N#Cc1c(-c2ccc3c(c2)CCCO3)cc(N)[nH]c1=O. The molecule has 3 N–H and O–H groups in total. The number of aromatic amines is 1. The highest BCUT2D eigenvalue weighted by atomic mass is 16.5. The average molecular weight is 267 g/mol. The minimum Gasteiger partial charge on any atom is -0.493 e. The number of anilines is 1. The summed E-state index contributed by atoms with van der Waals surface area (Å²) in [5.41, 5.74) is 7.75. The first kappa shape index (κ1) is 12.3. The van der Waals surface area contributed by atoms with Gasteiger partial charge in [0.1, 0.15) is 23.2 Å². The van der Waals surface area contributed by atoms with Gasteiger partial charge in [0, 0.05) is 5.56 Å². The molecule has 5 heteroatoms. The zero-order chi connectivity index (χ0) is 14.1. The van der Waals surface area contributed by atoms with Gasteiger partial charge in [-0.15, -0.1) is 0 Å². The second kappa shape index (κ2) is 4.74. The summed E-state index contributed by atoms with van der Waals surface area (Å²) in [6.45, 7) is 0.730. The predicted molar refractivity (Wildman–Crippen MR) is 75.4 cm³/mol. The van der Waals surface area contributed by atoms with Crippen molar-refractivity contribution in [1.29, 1.82) is 5.26 Å². The topological polar surface area (TPSA) is 91.9 Å². The lowest BCUT2D eigenvalue weighted by molar-refractivity contribution is 0.288. The van der Waals surface area contributed by atoms with Crippen molar-refractivity contribution < 1.29 is 4.74 Å². The van der Waals surface area contributed by atoms with Crippen LogP contribution in [0.25, 0.3) is 11.1 Å². The van der Waals surface area contributed by atoms with Crippen LogP contribution in [-0.4, -0.2) is 11.6 Å². The smallest absolute Gasteiger partial charge is 0.268 e. The monoisotopic (exact) mass is 267 g/mol. The molecule has 0 atom stereocenters. The maximum absolute atomic E-state index is 11.8. The Labute approximate surface area is 115 Å². The van der Waals surface area contributed by atoms with E-state index in [1.54, 1.807) is 6.07 Å². The lowest BCUT2D eigenvalue weighted by Crippen LogP contribution is -2.14. The van der Waals surface area contributed by atoms with E-state index in [4.69, 9.17) is 15.7 Å². The molecule has 2 aromatic rings. The number of nitriles is 1. The van der Waals surface area contributed by atoms with E-state index in [1.165, 1.54) is 0 Å². The number of nitrogens with one attached hydrogen (secondary N) is 1. The lowest BCUT2D eigenvalue weighted by atomic mass is 9.97. The molecule has 1 aliphatic heterocycles. The molecule has 1 aliphatic rings. The summed E-state index contributed by atoms with van der Waals surface area (Å²) < 4.78 is 5.56. The number of benzene rings is 1. The Morgan fingerprint density at radius 2 is 2.20 bits per heavy atom. The highest BCUT2D eigenvalue weighted by Crippen LogP contribution is 2.31. The van der Waals surface area contributed by atoms with Crippen LogP contribution in [0, 0.1) is 11.3 Å². The molecule has 1 aromatic heterocycles. The van der Waals surface area contributed by atoms with Gasteiger partial charge in [-0.3, -0.25) is 4.79 Å². The van der Waals surface area contributed by atoms with Crippen molar-refractivity contribution in [3.05, 3.63) is 45.7 Å². The summed E-state index contributed by atoms with van der Waals surface area (Å²) in [6.07, 6.45) is 1.91. The molecule has 0 fully saturated rings. The Bertz CT molecular complexity index is 772. The fraction of sp³-hybridized carbons (Fsp3) is 0.200. The normalized spacial score (nSPS) is 13.2. The minimum absolute atomic E-state index is 0.0795. The van der Waals surface area contributed by atoms with Gasteiger partial charge in [-0.05, 0) is 42.2 Å². The van der Waals surface area contributed by atoms with Gasteiger partial charge < -0.3 is 15.5 Å². The van der Waals surface area contributed by atoms with E-state index >= 15 is 0 Å². The van der Waals surface area contributed by atoms with Gasteiger partial charge in [0.25, 0.3) is 5.56 Å². The van der Waals surface area contributed by atoms with Crippen LogP contribution < -0.4 is 16.0 Å². The summed E-state index contributed by atoms with van der Waals surface area (Å²) in [6, 6.07) is 9.24. The molecule has 3 rings (SSSR count). The summed E-state index contributed by atoms with van der Waals surface area (Å²) in [7, 11) is 0. The minimum atomic E-state index is -0.462. The van der Waals surface area contributed by atoms with Crippen molar-refractivity contribution in [1.82, 2.24) is 4.98 Å². The zero-order valence-electron chi connectivity index (χ0n) is 10.8. The largest absolute Gasteiger partial charge is 0.493 e. The number of aromatic nitrogens is 1. The molecule has 0 unspecified atom stereocenters. The lowest BCUT2D eigenvalue weighted by Gasteiger charge is -2.18. The number of H-pyrrole nitrogens is 1. The van der Waals surface area contributed by atoms with Crippen LogP contribution in [-0.2, 0) is 6.42 Å². The standard InChI is InChI=1S/C15H13N3O2/c16-8-12-11(7-14(17)18-15(12)19)9-3-4-13-10(6-9)2-1-5-20-13/h3-4,6-7H,1-2,5H2,(H3,17,18,19). The predicted octanol–water partition coefficient (Wildman–Crippen LogP) is 1.82. The molecule has 0 aliphatic carbocycles. The molecule has 2 heterocycles. The molecule has 5 nitrogen and oxygen atoms in total. The van der Waals surface area contributed by atoms with Crippen LogP contribution in [0.1, 0.15) is 17.5 Å². The molecule has 0 spiro atoms.